The Balaban J connectivity index is 1.66. The van der Waals surface area contributed by atoms with Crippen molar-refractivity contribution in [3.63, 3.8) is 0 Å². The summed E-state index contributed by atoms with van der Waals surface area (Å²) in [6.45, 7) is 2.27. The number of allylic oxidation sites excluding steroid dienone is 1. The maximum absolute atomic E-state index is 2.35. The van der Waals surface area contributed by atoms with E-state index in [1.807, 2.05) is 0 Å². The molecule has 1 aliphatic carbocycles. The Morgan fingerprint density at radius 2 is 1.53 bits per heavy atom. The van der Waals surface area contributed by atoms with Crippen molar-refractivity contribution < 1.29 is 0 Å². The summed E-state index contributed by atoms with van der Waals surface area (Å²) in [5, 5.41) is 0. The molecule has 0 heterocycles. The maximum Gasteiger partial charge on any atom is 0.0164 e. The van der Waals surface area contributed by atoms with Crippen molar-refractivity contribution in [1.29, 1.82) is 0 Å². The fourth-order valence-electron chi connectivity index (χ4n) is 2.47. The lowest BCUT2D eigenvalue weighted by Crippen LogP contribution is -1.84. The summed E-state index contributed by atoms with van der Waals surface area (Å²) in [6, 6.07) is 8.66. The van der Waals surface area contributed by atoms with Crippen molar-refractivity contribution in [2.75, 3.05) is 0 Å². The maximum atomic E-state index is 2.35. The summed E-state index contributed by atoms with van der Waals surface area (Å²) in [5.41, 5.74) is 4.31. The Bertz CT molecular complexity index is 373. The number of hydrogen-bond acceptors (Lipinski definition) is 0. The van der Waals surface area contributed by atoms with Crippen LogP contribution in [0.15, 0.2) is 29.8 Å². The van der Waals surface area contributed by atoms with Crippen molar-refractivity contribution in [3.05, 3.63) is 47.4 Å². The van der Waals surface area contributed by atoms with Crippen LogP contribution in [0.5, 0.6) is 0 Å². The predicted octanol–water partition coefficient (Wildman–Crippen LogP) is 5.39. The van der Waals surface area contributed by atoms with Crippen LogP contribution in [0.4, 0.5) is 0 Å². The summed E-state index contributed by atoms with van der Waals surface area (Å²) in [5.74, 6) is 0. The average molecular weight is 227 g/mol. The zero-order chi connectivity index (χ0) is 11.9. The van der Waals surface area contributed by atoms with Crippen LogP contribution in [0, 0.1) is 6.42 Å². The van der Waals surface area contributed by atoms with Crippen molar-refractivity contribution in [2.24, 2.45) is 0 Å². The lowest BCUT2D eigenvalue weighted by molar-refractivity contribution is 0.608. The number of rotatable bonds is 7. The van der Waals surface area contributed by atoms with Crippen molar-refractivity contribution in [2.45, 2.75) is 51.9 Å². The highest BCUT2D eigenvalue weighted by molar-refractivity contribution is 5.68. The van der Waals surface area contributed by atoms with E-state index in [-0.39, 0.29) is 0 Å². The zero-order valence-electron chi connectivity index (χ0n) is 10.9. The molecule has 0 fully saturated rings. The molecule has 0 aliphatic heterocycles. The minimum atomic E-state index is 1.25. The van der Waals surface area contributed by atoms with E-state index in [0.717, 1.165) is 0 Å². The van der Waals surface area contributed by atoms with Gasteiger partial charge in [-0.1, -0.05) is 74.9 Å². The highest BCUT2D eigenvalue weighted by atomic mass is 14.2. The van der Waals surface area contributed by atoms with Crippen LogP contribution in [0.2, 0.25) is 0 Å². The highest BCUT2D eigenvalue weighted by Gasteiger charge is 2.11. The predicted molar refractivity (Wildman–Crippen MR) is 75.8 cm³/mol. The van der Waals surface area contributed by atoms with Gasteiger partial charge in [0, 0.05) is 6.42 Å². The molecule has 17 heavy (non-hydrogen) atoms. The molecule has 0 atom stereocenters. The number of unbranched alkanes of at least 4 members (excludes halogenated alkanes) is 5. The van der Waals surface area contributed by atoms with E-state index in [2.05, 4.69) is 43.7 Å². The zero-order valence-corrected chi connectivity index (χ0v) is 10.9. The highest BCUT2D eigenvalue weighted by Crippen LogP contribution is 2.29. The van der Waals surface area contributed by atoms with Crippen LogP contribution < -0.4 is 0 Å². The third-order valence-electron chi connectivity index (χ3n) is 3.50. The van der Waals surface area contributed by atoms with Crippen LogP contribution in [-0.4, -0.2) is 0 Å². The van der Waals surface area contributed by atoms with E-state index >= 15 is 0 Å². The first-order chi connectivity index (χ1) is 8.40. The molecule has 2 rings (SSSR count). The minimum Gasteiger partial charge on any atom is -0.0654 e. The third-order valence-corrected chi connectivity index (χ3v) is 3.50. The smallest absolute Gasteiger partial charge is 0.0164 e. The average Bonchev–Trinajstić information content (AvgIpc) is 2.76. The molecule has 0 nitrogen and oxygen atoms in total. The second-order valence-corrected chi connectivity index (χ2v) is 5.01. The van der Waals surface area contributed by atoms with Crippen LogP contribution in [0.1, 0.15) is 63.0 Å². The summed E-state index contributed by atoms with van der Waals surface area (Å²) >= 11 is 0. The molecule has 91 valence electrons. The molecule has 0 heteroatoms. The molecular weight excluding hydrogens is 204 g/mol. The van der Waals surface area contributed by atoms with Gasteiger partial charge in [-0.05, 0) is 24.0 Å². The van der Waals surface area contributed by atoms with Crippen LogP contribution >= 0.6 is 0 Å². The van der Waals surface area contributed by atoms with Gasteiger partial charge in [0.15, 0.2) is 0 Å². The Hall–Kier alpha value is -1.04. The Morgan fingerprint density at radius 3 is 2.29 bits per heavy atom. The monoisotopic (exact) mass is 227 g/mol. The van der Waals surface area contributed by atoms with Gasteiger partial charge in [-0.2, -0.15) is 0 Å². The Kier molecular flexibility index (Phi) is 4.85. The van der Waals surface area contributed by atoms with Gasteiger partial charge in [-0.15, -0.1) is 0 Å². The molecule has 0 N–H and O–H groups in total. The molecule has 0 bridgehead atoms. The molecule has 0 saturated heterocycles. The van der Waals surface area contributed by atoms with Crippen LogP contribution in [0.3, 0.4) is 0 Å². The summed E-state index contributed by atoms with van der Waals surface area (Å²) in [6.07, 6.45) is 14.3. The molecule has 0 amide bonds. The van der Waals surface area contributed by atoms with Crippen LogP contribution in [0.25, 0.3) is 6.08 Å². The topological polar surface area (TPSA) is 0 Å². The van der Waals surface area contributed by atoms with Gasteiger partial charge in [-0.3, -0.25) is 0 Å². The largest absolute Gasteiger partial charge is 0.0654 e. The normalized spacial score (nSPS) is 13.6. The lowest BCUT2D eigenvalue weighted by Gasteiger charge is -2.02. The van der Waals surface area contributed by atoms with Crippen molar-refractivity contribution >= 4 is 6.08 Å². The molecule has 0 aromatic heterocycles. The summed E-state index contributed by atoms with van der Waals surface area (Å²) < 4.78 is 0. The van der Waals surface area contributed by atoms with E-state index < -0.39 is 0 Å². The van der Waals surface area contributed by atoms with Gasteiger partial charge in [0.2, 0.25) is 0 Å². The molecular formula is C17H23. The fourth-order valence-corrected chi connectivity index (χ4v) is 2.47. The van der Waals surface area contributed by atoms with E-state index in [9.17, 15) is 0 Å². The van der Waals surface area contributed by atoms with E-state index in [1.165, 1.54) is 61.6 Å². The first kappa shape index (κ1) is 12.4. The van der Waals surface area contributed by atoms with Gasteiger partial charge in [0.1, 0.15) is 0 Å². The fraction of sp³-hybridized carbons (Fsp3) is 0.471. The second kappa shape index (κ2) is 6.64. The number of hydrogen-bond donors (Lipinski definition) is 0. The van der Waals surface area contributed by atoms with E-state index in [1.54, 1.807) is 0 Å². The number of fused-ring (bicyclic) bond motifs is 1. The van der Waals surface area contributed by atoms with Gasteiger partial charge in [-0.25, -0.2) is 0 Å². The van der Waals surface area contributed by atoms with E-state index in [0.29, 0.717) is 0 Å². The molecule has 1 radical (unpaired) electrons. The SMILES string of the molecule is CCCCCCCCC1=Cc2ccccc2[CH]1. The third kappa shape index (κ3) is 3.73. The lowest BCUT2D eigenvalue weighted by atomic mass is 10.0. The molecule has 1 aromatic carbocycles. The first-order valence-electron chi connectivity index (χ1n) is 7.04. The van der Waals surface area contributed by atoms with Crippen molar-refractivity contribution in [3.8, 4) is 0 Å². The quantitative estimate of drug-likeness (QED) is 0.548. The Labute approximate surface area is 106 Å². The van der Waals surface area contributed by atoms with E-state index in [4.69, 9.17) is 0 Å². The Morgan fingerprint density at radius 1 is 0.824 bits per heavy atom. The molecule has 0 saturated carbocycles. The van der Waals surface area contributed by atoms with Gasteiger partial charge < -0.3 is 0 Å². The molecule has 1 aromatic rings. The second-order valence-electron chi connectivity index (χ2n) is 5.01. The molecule has 1 aliphatic rings. The van der Waals surface area contributed by atoms with Crippen LogP contribution in [-0.2, 0) is 0 Å². The minimum absolute atomic E-state index is 1.25. The van der Waals surface area contributed by atoms with Gasteiger partial charge >= 0.3 is 0 Å². The summed E-state index contributed by atoms with van der Waals surface area (Å²) in [7, 11) is 0. The summed E-state index contributed by atoms with van der Waals surface area (Å²) in [4.78, 5) is 0. The van der Waals surface area contributed by atoms with Gasteiger partial charge in [0.25, 0.3) is 0 Å². The first-order valence-corrected chi connectivity index (χ1v) is 7.04. The molecule has 0 spiro atoms. The molecule has 0 unspecified atom stereocenters. The standard InChI is InChI=1S/C17H23/c1-2-3-4-5-6-7-10-15-13-16-11-8-9-12-17(16)14-15/h8-9,11-14H,2-7,10H2,1H3. The van der Waals surface area contributed by atoms with Crippen molar-refractivity contribution in [1.82, 2.24) is 0 Å². The van der Waals surface area contributed by atoms with Gasteiger partial charge in [0.05, 0.1) is 0 Å². The number of benzene rings is 1.